The van der Waals surface area contributed by atoms with Gasteiger partial charge in [0.15, 0.2) is 5.96 Å². The van der Waals surface area contributed by atoms with Crippen molar-refractivity contribution in [3.8, 4) is 5.69 Å². The molecule has 0 unspecified atom stereocenters. The van der Waals surface area contributed by atoms with Crippen molar-refractivity contribution in [2.24, 2.45) is 4.99 Å². The Morgan fingerprint density at radius 2 is 2.00 bits per heavy atom. The summed E-state index contributed by atoms with van der Waals surface area (Å²) in [4.78, 5) is 8.47. The predicted molar refractivity (Wildman–Crippen MR) is 124 cm³/mol. The number of halogens is 2. The smallest absolute Gasteiger partial charge is 0.191 e. The molecule has 2 N–H and O–H groups in total. The summed E-state index contributed by atoms with van der Waals surface area (Å²) >= 11 is 0. The van der Waals surface area contributed by atoms with E-state index in [9.17, 15) is 4.39 Å². The monoisotopic (exact) mass is 505 g/mol. The predicted octanol–water partition coefficient (Wildman–Crippen LogP) is 4.03. The molecule has 1 aromatic heterocycles. The molecule has 0 radical (unpaired) electrons. The zero-order valence-corrected chi connectivity index (χ0v) is 18.6. The van der Waals surface area contributed by atoms with Gasteiger partial charge in [-0.2, -0.15) is 0 Å². The summed E-state index contributed by atoms with van der Waals surface area (Å²) in [5, 5.41) is 6.79. The lowest BCUT2D eigenvalue weighted by Crippen LogP contribution is -2.41. The average molecular weight is 505 g/mol. The fourth-order valence-corrected chi connectivity index (χ4v) is 3.50. The minimum atomic E-state index is -0.178. The van der Waals surface area contributed by atoms with Crippen LogP contribution in [0.4, 0.5) is 4.39 Å². The van der Waals surface area contributed by atoms with Crippen LogP contribution in [-0.2, 0) is 12.0 Å². The van der Waals surface area contributed by atoms with Crippen LogP contribution in [0, 0.1) is 5.82 Å². The van der Waals surface area contributed by atoms with E-state index in [1.165, 1.54) is 6.07 Å². The summed E-state index contributed by atoms with van der Waals surface area (Å²) in [6.07, 6.45) is 7.61. The second-order valence-electron chi connectivity index (χ2n) is 7.17. The van der Waals surface area contributed by atoms with E-state index in [4.69, 9.17) is 0 Å². The Morgan fingerprint density at radius 1 is 1.17 bits per heavy atom. The molecule has 0 atom stereocenters. The van der Waals surface area contributed by atoms with Gasteiger partial charge in [0.05, 0.1) is 12.0 Å². The molecule has 0 aliphatic heterocycles. The van der Waals surface area contributed by atoms with Gasteiger partial charge in [0.2, 0.25) is 0 Å². The zero-order chi connectivity index (χ0) is 19.4. The molecule has 5 nitrogen and oxygen atoms in total. The summed E-state index contributed by atoms with van der Waals surface area (Å²) in [5.74, 6) is 0.561. The molecule has 2 aromatic carbocycles. The van der Waals surface area contributed by atoms with E-state index in [1.807, 2.05) is 29.0 Å². The molecule has 7 heteroatoms. The van der Waals surface area contributed by atoms with Crippen LogP contribution in [0.1, 0.15) is 24.0 Å². The number of hydrogen-bond acceptors (Lipinski definition) is 2. The van der Waals surface area contributed by atoms with E-state index in [1.54, 1.807) is 31.7 Å². The van der Waals surface area contributed by atoms with E-state index in [2.05, 4.69) is 32.7 Å². The lowest BCUT2D eigenvalue weighted by Gasteiger charge is -2.19. The SMILES string of the molecule is CN=C(NCc1ccccc1-n1ccnc1)NCC1(c2cccc(F)c2)CC1.I. The molecule has 0 spiro atoms. The van der Waals surface area contributed by atoms with Gasteiger partial charge in [-0.1, -0.05) is 30.3 Å². The molecular weight excluding hydrogens is 480 g/mol. The standard InChI is InChI=1S/C22H24FN5.HI/c1-24-21(27-15-22(9-10-22)18-6-4-7-19(23)13-18)26-14-17-5-2-3-8-20(17)28-12-11-25-16-28;/h2-8,11-13,16H,9-10,14-15H2,1H3,(H2,24,26,27);1H. The lowest BCUT2D eigenvalue weighted by atomic mass is 9.96. The van der Waals surface area contributed by atoms with Crippen molar-refractivity contribution < 1.29 is 4.39 Å². The van der Waals surface area contributed by atoms with Crippen molar-refractivity contribution in [1.82, 2.24) is 20.2 Å². The number of hydrogen-bond donors (Lipinski definition) is 2. The van der Waals surface area contributed by atoms with Crippen molar-refractivity contribution in [1.29, 1.82) is 0 Å². The van der Waals surface area contributed by atoms with Gasteiger partial charge >= 0.3 is 0 Å². The highest BCUT2D eigenvalue weighted by molar-refractivity contribution is 14.0. The normalized spacial score (nSPS) is 14.8. The molecule has 0 bridgehead atoms. The van der Waals surface area contributed by atoms with E-state index >= 15 is 0 Å². The van der Waals surface area contributed by atoms with Gasteiger partial charge in [-0.15, -0.1) is 24.0 Å². The average Bonchev–Trinajstić information content (AvgIpc) is 3.32. The van der Waals surface area contributed by atoms with Crippen LogP contribution in [0.15, 0.2) is 72.2 Å². The molecule has 1 fully saturated rings. The Bertz CT molecular complexity index is 967. The number of nitrogens with zero attached hydrogens (tertiary/aromatic N) is 3. The van der Waals surface area contributed by atoms with Crippen molar-refractivity contribution in [2.75, 3.05) is 13.6 Å². The van der Waals surface area contributed by atoms with Gasteiger partial charge in [0, 0.05) is 37.9 Å². The number of aromatic nitrogens is 2. The number of rotatable bonds is 6. The van der Waals surface area contributed by atoms with Crippen LogP contribution < -0.4 is 10.6 Å². The van der Waals surface area contributed by atoms with Crippen molar-refractivity contribution in [3.63, 3.8) is 0 Å². The molecule has 1 heterocycles. The Balaban J connectivity index is 0.00000240. The second-order valence-corrected chi connectivity index (χ2v) is 7.17. The second kappa shape index (κ2) is 9.39. The highest BCUT2D eigenvalue weighted by Gasteiger charge is 2.44. The summed E-state index contributed by atoms with van der Waals surface area (Å²) in [5.41, 5.74) is 3.30. The molecule has 3 aromatic rings. The number of para-hydroxylation sites is 1. The molecule has 1 aliphatic carbocycles. The number of imidazole rings is 1. The maximum absolute atomic E-state index is 13.6. The van der Waals surface area contributed by atoms with Crippen LogP contribution in [0.2, 0.25) is 0 Å². The number of benzene rings is 2. The first-order valence-electron chi connectivity index (χ1n) is 9.47. The van der Waals surface area contributed by atoms with Gasteiger partial charge < -0.3 is 15.2 Å². The third kappa shape index (κ3) is 4.95. The third-order valence-electron chi connectivity index (χ3n) is 5.33. The summed E-state index contributed by atoms with van der Waals surface area (Å²) in [6, 6.07) is 15.1. The minimum absolute atomic E-state index is 0. The Hall–Kier alpha value is -2.42. The van der Waals surface area contributed by atoms with Crippen molar-refractivity contribution >= 4 is 29.9 Å². The molecule has 4 rings (SSSR count). The van der Waals surface area contributed by atoms with Crippen LogP contribution >= 0.6 is 24.0 Å². The van der Waals surface area contributed by atoms with Gasteiger partial charge in [0.1, 0.15) is 5.82 Å². The summed E-state index contributed by atoms with van der Waals surface area (Å²) < 4.78 is 15.6. The minimum Gasteiger partial charge on any atom is -0.356 e. The molecular formula is C22H25FIN5. The van der Waals surface area contributed by atoms with E-state index in [0.717, 1.165) is 42.2 Å². The lowest BCUT2D eigenvalue weighted by molar-refractivity contribution is 0.607. The zero-order valence-electron chi connectivity index (χ0n) is 16.3. The maximum Gasteiger partial charge on any atom is 0.191 e. The highest BCUT2D eigenvalue weighted by Crippen LogP contribution is 2.47. The van der Waals surface area contributed by atoms with Gasteiger partial charge in [-0.3, -0.25) is 4.99 Å². The molecule has 1 saturated carbocycles. The van der Waals surface area contributed by atoms with E-state index in [-0.39, 0.29) is 35.2 Å². The van der Waals surface area contributed by atoms with E-state index in [0.29, 0.717) is 6.54 Å². The van der Waals surface area contributed by atoms with Crippen LogP contribution in [-0.4, -0.2) is 29.1 Å². The first kappa shape index (κ1) is 21.3. The highest BCUT2D eigenvalue weighted by atomic mass is 127. The first-order chi connectivity index (χ1) is 13.7. The summed E-state index contributed by atoms with van der Waals surface area (Å²) in [7, 11) is 1.76. The fraction of sp³-hybridized carbons (Fsp3) is 0.273. The van der Waals surface area contributed by atoms with Crippen molar-refractivity contribution in [2.45, 2.75) is 24.8 Å². The first-order valence-corrected chi connectivity index (χ1v) is 9.47. The number of nitrogens with one attached hydrogen (secondary N) is 2. The van der Waals surface area contributed by atoms with Gasteiger partial charge in [-0.25, -0.2) is 9.37 Å². The Labute approximate surface area is 187 Å². The largest absolute Gasteiger partial charge is 0.356 e. The molecule has 0 amide bonds. The fourth-order valence-electron chi connectivity index (χ4n) is 3.50. The van der Waals surface area contributed by atoms with Crippen LogP contribution in [0.25, 0.3) is 5.69 Å². The Morgan fingerprint density at radius 3 is 2.69 bits per heavy atom. The number of aliphatic imine (C=N–C) groups is 1. The van der Waals surface area contributed by atoms with E-state index < -0.39 is 0 Å². The Kier molecular flexibility index (Phi) is 6.89. The van der Waals surface area contributed by atoms with Gasteiger partial charge in [-0.05, 0) is 42.2 Å². The number of guanidine groups is 1. The summed E-state index contributed by atoms with van der Waals surface area (Å²) in [6.45, 7) is 1.38. The quantitative estimate of drug-likeness (QED) is 0.302. The molecule has 152 valence electrons. The van der Waals surface area contributed by atoms with Crippen molar-refractivity contribution in [3.05, 3.63) is 84.2 Å². The molecule has 1 aliphatic rings. The van der Waals surface area contributed by atoms with Crippen LogP contribution in [0.3, 0.4) is 0 Å². The third-order valence-corrected chi connectivity index (χ3v) is 5.33. The van der Waals surface area contributed by atoms with Gasteiger partial charge in [0.25, 0.3) is 0 Å². The molecule has 29 heavy (non-hydrogen) atoms. The van der Waals surface area contributed by atoms with Crippen LogP contribution in [0.5, 0.6) is 0 Å². The molecule has 0 saturated heterocycles. The maximum atomic E-state index is 13.6. The topological polar surface area (TPSA) is 54.2 Å².